The van der Waals surface area contributed by atoms with Crippen LogP contribution in [-0.4, -0.2) is 4.98 Å². The SMILES string of the molecule is N#CNN=NN(C#N)c1nc2ccccc2s1. The first-order chi connectivity index (χ1) is 8.35. The van der Waals surface area contributed by atoms with Crippen LogP contribution in [0.1, 0.15) is 0 Å². The molecule has 1 aromatic heterocycles. The van der Waals surface area contributed by atoms with E-state index in [2.05, 4.69) is 15.4 Å². The van der Waals surface area contributed by atoms with Gasteiger partial charge in [0.1, 0.15) is 0 Å². The number of aromatic nitrogens is 1. The molecule has 17 heavy (non-hydrogen) atoms. The second-order valence-corrected chi connectivity index (χ2v) is 3.80. The summed E-state index contributed by atoms with van der Waals surface area (Å²) >= 11 is 1.32. The van der Waals surface area contributed by atoms with Crippen molar-refractivity contribution >= 4 is 26.7 Å². The van der Waals surface area contributed by atoms with Gasteiger partial charge >= 0.3 is 0 Å². The highest BCUT2D eigenvalue weighted by Crippen LogP contribution is 2.28. The van der Waals surface area contributed by atoms with Gasteiger partial charge in [-0.25, -0.2) is 4.98 Å². The lowest BCUT2D eigenvalue weighted by molar-refractivity contribution is 0.812. The fraction of sp³-hybridized carbons (Fsp3) is 0. The molecular formula is C9H5N7S. The Labute approximate surface area is 100 Å². The van der Waals surface area contributed by atoms with Crippen LogP contribution in [0.4, 0.5) is 5.13 Å². The zero-order valence-corrected chi connectivity index (χ0v) is 9.22. The van der Waals surface area contributed by atoms with Crippen molar-refractivity contribution in [2.24, 2.45) is 10.4 Å². The van der Waals surface area contributed by atoms with Crippen molar-refractivity contribution in [2.45, 2.75) is 0 Å². The molecule has 8 heteroatoms. The van der Waals surface area contributed by atoms with E-state index in [4.69, 9.17) is 10.5 Å². The topological polar surface area (TPSA) is 100 Å². The Morgan fingerprint density at radius 3 is 2.88 bits per heavy atom. The van der Waals surface area contributed by atoms with E-state index in [0.717, 1.165) is 15.2 Å². The number of rotatable bonds is 3. The maximum absolute atomic E-state index is 8.88. The van der Waals surface area contributed by atoms with Crippen molar-refractivity contribution in [2.75, 3.05) is 5.01 Å². The normalized spacial score (nSPS) is 10.0. The third kappa shape index (κ3) is 2.27. The van der Waals surface area contributed by atoms with E-state index in [1.54, 1.807) is 6.19 Å². The van der Waals surface area contributed by atoms with E-state index < -0.39 is 0 Å². The lowest BCUT2D eigenvalue weighted by Gasteiger charge is -1.99. The van der Waals surface area contributed by atoms with Crippen molar-refractivity contribution in [1.82, 2.24) is 10.4 Å². The molecule has 1 aromatic carbocycles. The van der Waals surface area contributed by atoms with Gasteiger partial charge in [0.2, 0.25) is 11.3 Å². The first kappa shape index (κ1) is 10.8. The smallest absolute Gasteiger partial charge is 0.218 e. The Balaban J connectivity index is 2.32. The summed E-state index contributed by atoms with van der Waals surface area (Å²) in [4.78, 5) is 4.22. The molecule has 0 aliphatic rings. The van der Waals surface area contributed by atoms with Crippen LogP contribution in [0.5, 0.6) is 0 Å². The molecule has 2 aromatic rings. The standard InChI is InChI=1S/C9H5N7S/c10-5-12-14-15-16(6-11)9-13-7-3-1-2-4-8(7)17-9/h1-4H,(H,12,15). The molecular weight excluding hydrogens is 238 g/mol. The quantitative estimate of drug-likeness (QED) is 0.384. The molecule has 0 unspecified atom stereocenters. The lowest BCUT2D eigenvalue weighted by Crippen LogP contribution is -2.07. The first-order valence-electron chi connectivity index (χ1n) is 4.45. The van der Waals surface area contributed by atoms with Crippen LogP contribution < -0.4 is 10.4 Å². The highest BCUT2D eigenvalue weighted by molar-refractivity contribution is 7.22. The Morgan fingerprint density at radius 1 is 1.35 bits per heavy atom. The summed E-state index contributed by atoms with van der Waals surface area (Å²) in [6.45, 7) is 0. The van der Waals surface area contributed by atoms with Crippen LogP contribution in [0.2, 0.25) is 0 Å². The highest BCUT2D eigenvalue weighted by Gasteiger charge is 2.10. The number of para-hydroxylation sites is 1. The van der Waals surface area contributed by atoms with Crippen LogP contribution in [0, 0.1) is 22.9 Å². The van der Waals surface area contributed by atoms with Gasteiger partial charge in [-0.1, -0.05) is 23.5 Å². The van der Waals surface area contributed by atoms with E-state index in [9.17, 15) is 0 Å². The molecule has 0 saturated carbocycles. The minimum Gasteiger partial charge on any atom is -0.218 e. The third-order valence-electron chi connectivity index (χ3n) is 1.79. The van der Waals surface area contributed by atoms with Gasteiger partial charge in [-0.05, 0) is 22.6 Å². The number of hydrogen-bond acceptors (Lipinski definition) is 6. The van der Waals surface area contributed by atoms with E-state index in [1.807, 2.05) is 35.9 Å². The second kappa shape index (κ2) is 4.88. The molecule has 0 aliphatic heterocycles. The highest BCUT2D eigenvalue weighted by atomic mass is 32.1. The summed E-state index contributed by atoms with van der Waals surface area (Å²) in [5.74, 6) is 0. The summed E-state index contributed by atoms with van der Waals surface area (Å²) in [7, 11) is 0. The predicted molar refractivity (Wildman–Crippen MR) is 61.3 cm³/mol. The van der Waals surface area contributed by atoms with Crippen LogP contribution in [0.25, 0.3) is 10.2 Å². The summed E-state index contributed by atoms with van der Waals surface area (Å²) in [6.07, 6.45) is 3.37. The molecule has 0 bridgehead atoms. The van der Waals surface area contributed by atoms with E-state index >= 15 is 0 Å². The number of anilines is 1. The molecule has 0 spiro atoms. The van der Waals surface area contributed by atoms with Gasteiger partial charge in [-0.3, -0.25) is 0 Å². The average molecular weight is 243 g/mol. The van der Waals surface area contributed by atoms with Gasteiger partial charge in [0.05, 0.1) is 10.2 Å². The third-order valence-corrected chi connectivity index (χ3v) is 2.80. The summed E-state index contributed by atoms with van der Waals surface area (Å²) in [5.41, 5.74) is 2.75. The van der Waals surface area contributed by atoms with Crippen LogP contribution in [0.15, 0.2) is 34.7 Å². The Bertz CT molecular complexity index is 600. The number of benzene rings is 1. The molecule has 1 N–H and O–H groups in total. The molecule has 82 valence electrons. The minimum atomic E-state index is 0.400. The number of hydrogen-bond donors (Lipinski definition) is 1. The Morgan fingerprint density at radius 2 is 2.18 bits per heavy atom. The number of nitriles is 2. The summed E-state index contributed by atoms with van der Waals surface area (Å²) in [5, 5.41) is 25.2. The van der Waals surface area contributed by atoms with Gasteiger partial charge in [0.15, 0.2) is 6.19 Å². The lowest BCUT2D eigenvalue weighted by atomic mass is 10.3. The fourth-order valence-corrected chi connectivity index (χ4v) is 2.01. The molecule has 1 heterocycles. The van der Waals surface area contributed by atoms with Crippen LogP contribution in [-0.2, 0) is 0 Å². The minimum absolute atomic E-state index is 0.400. The number of fused-ring (bicyclic) bond motifs is 1. The molecule has 7 nitrogen and oxygen atoms in total. The van der Waals surface area contributed by atoms with Gasteiger partial charge < -0.3 is 0 Å². The predicted octanol–water partition coefficient (Wildman–Crippen LogP) is 1.94. The number of nitrogens with one attached hydrogen (secondary N) is 1. The second-order valence-electron chi connectivity index (χ2n) is 2.79. The van der Waals surface area contributed by atoms with Crippen LogP contribution >= 0.6 is 11.3 Å². The van der Waals surface area contributed by atoms with Gasteiger partial charge in [-0.2, -0.15) is 15.9 Å². The van der Waals surface area contributed by atoms with E-state index in [1.165, 1.54) is 11.3 Å². The van der Waals surface area contributed by atoms with Crippen molar-refractivity contribution in [3.8, 4) is 12.4 Å². The fourth-order valence-electron chi connectivity index (χ4n) is 1.14. The average Bonchev–Trinajstić information content (AvgIpc) is 2.78. The largest absolute Gasteiger partial charge is 0.223 e. The molecule has 0 amide bonds. The van der Waals surface area contributed by atoms with Gasteiger partial charge in [-0.15, -0.1) is 5.01 Å². The zero-order valence-electron chi connectivity index (χ0n) is 8.40. The number of nitrogens with zero attached hydrogens (tertiary/aromatic N) is 6. The molecule has 0 fully saturated rings. The summed E-state index contributed by atoms with van der Waals surface area (Å²) in [6, 6.07) is 7.49. The summed E-state index contributed by atoms with van der Waals surface area (Å²) < 4.78 is 0.950. The Kier molecular flexibility index (Phi) is 3.10. The monoisotopic (exact) mass is 243 g/mol. The van der Waals surface area contributed by atoms with Crippen molar-refractivity contribution in [3.05, 3.63) is 24.3 Å². The number of thiazole rings is 1. The Hall–Kier alpha value is -2.71. The van der Waals surface area contributed by atoms with Crippen molar-refractivity contribution in [3.63, 3.8) is 0 Å². The molecule has 0 atom stereocenters. The molecule has 2 rings (SSSR count). The van der Waals surface area contributed by atoms with Crippen molar-refractivity contribution < 1.29 is 0 Å². The first-order valence-corrected chi connectivity index (χ1v) is 5.27. The van der Waals surface area contributed by atoms with E-state index in [0.29, 0.717) is 5.13 Å². The molecule has 0 aliphatic carbocycles. The van der Waals surface area contributed by atoms with Crippen molar-refractivity contribution in [1.29, 1.82) is 10.5 Å². The maximum Gasteiger partial charge on any atom is 0.223 e. The van der Waals surface area contributed by atoms with E-state index in [-0.39, 0.29) is 0 Å². The maximum atomic E-state index is 8.88. The zero-order chi connectivity index (χ0) is 12.1. The van der Waals surface area contributed by atoms with Gasteiger partial charge in [0, 0.05) is 0 Å². The van der Waals surface area contributed by atoms with Gasteiger partial charge in [0.25, 0.3) is 0 Å². The molecule has 0 saturated heterocycles. The molecule has 0 radical (unpaired) electrons. The van der Waals surface area contributed by atoms with Crippen LogP contribution in [0.3, 0.4) is 0 Å².